The monoisotopic (exact) mass is 373 g/mol. The summed E-state index contributed by atoms with van der Waals surface area (Å²) in [6.07, 6.45) is 3.29. The van der Waals surface area contributed by atoms with E-state index < -0.39 is 5.54 Å². The van der Waals surface area contributed by atoms with Crippen molar-refractivity contribution in [1.82, 2.24) is 10.1 Å². The zero-order valence-electron chi connectivity index (χ0n) is 15.7. The molecule has 3 aromatic rings. The van der Waals surface area contributed by atoms with E-state index in [1.807, 2.05) is 23.1 Å². The fraction of sp³-hybridized carbons (Fsp3) is 0.304. The summed E-state index contributed by atoms with van der Waals surface area (Å²) in [7, 11) is 0. The molecule has 1 fully saturated rings. The Labute approximate surface area is 164 Å². The van der Waals surface area contributed by atoms with Gasteiger partial charge in [0.1, 0.15) is 11.5 Å². The van der Waals surface area contributed by atoms with Crippen LogP contribution in [0.15, 0.2) is 59.1 Å². The van der Waals surface area contributed by atoms with Gasteiger partial charge in [0.2, 0.25) is 5.91 Å². The molecule has 28 heavy (non-hydrogen) atoms. The molecule has 2 aromatic carbocycles. The van der Waals surface area contributed by atoms with Crippen LogP contribution in [-0.2, 0) is 17.8 Å². The highest BCUT2D eigenvalue weighted by atomic mass is 16.5. The Morgan fingerprint density at radius 1 is 1.00 bits per heavy atom. The molecule has 0 radical (unpaired) electrons. The smallest absolute Gasteiger partial charge is 0.242 e. The van der Waals surface area contributed by atoms with Crippen LogP contribution < -0.4 is 5.73 Å². The van der Waals surface area contributed by atoms with Gasteiger partial charge in [0.15, 0.2) is 0 Å². The lowest BCUT2D eigenvalue weighted by Gasteiger charge is -2.41. The second-order valence-corrected chi connectivity index (χ2v) is 7.86. The molecule has 2 aliphatic rings. The van der Waals surface area contributed by atoms with E-state index in [1.165, 1.54) is 5.56 Å². The molecule has 1 saturated carbocycles. The minimum Gasteiger partial charge on any atom is -0.360 e. The Morgan fingerprint density at radius 2 is 1.68 bits per heavy atom. The summed E-state index contributed by atoms with van der Waals surface area (Å²) >= 11 is 0. The Kier molecular flexibility index (Phi) is 4.05. The fourth-order valence-electron chi connectivity index (χ4n) is 4.15. The first kappa shape index (κ1) is 17.2. The first-order valence-electron chi connectivity index (χ1n) is 9.86. The zero-order valence-corrected chi connectivity index (χ0v) is 15.7. The van der Waals surface area contributed by atoms with Crippen LogP contribution in [0.1, 0.15) is 30.6 Å². The minimum atomic E-state index is -0.661. The van der Waals surface area contributed by atoms with Gasteiger partial charge < -0.3 is 15.2 Å². The number of amides is 1. The number of hydrogen-bond donors (Lipinski definition) is 1. The quantitative estimate of drug-likeness (QED) is 0.758. The molecule has 142 valence electrons. The number of benzene rings is 2. The summed E-state index contributed by atoms with van der Waals surface area (Å²) in [5.41, 5.74) is 10.8. The van der Waals surface area contributed by atoms with Crippen LogP contribution in [0.2, 0.25) is 0 Å². The third-order valence-corrected chi connectivity index (χ3v) is 6.05. The van der Waals surface area contributed by atoms with Crippen molar-refractivity contribution >= 4 is 5.91 Å². The number of carbonyl (C=O) groups excluding carboxylic acids is 1. The average Bonchev–Trinajstić information content (AvgIpc) is 3.15. The van der Waals surface area contributed by atoms with E-state index in [-0.39, 0.29) is 5.91 Å². The molecule has 1 aromatic heterocycles. The molecule has 0 unspecified atom stereocenters. The summed E-state index contributed by atoms with van der Waals surface area (Å²) in [6.45, 7) is 1.17. The number of hydrogen-bond acceptors (Lipinski definition) is 4. The van der Waals surface area contributed by atoms with E-state index in [0.717, 1.165) is 47.4 Å². The molecule has 0 bridgehead atoms. The Balaban J connectivity index is 1.41. The predicted molar refractivity (Wildman–Crippen MR) is 107 cm³/mol. The summed E-state index contributed by atoms with van der Waals surface area (Å²) < 4.78 is 5.59. The van der Waals surface area contributed by atoms with Gasteiger partial charge in [0.25, 0.3) is 0 Å². The highest BCUT2D eigenvalue weighted by molar-refractivity contribution is 5.87. The van der Waals surface area contributed by atoms with Crippen LogP contribution in [0.5, 0.6) is 0 Å². The van der Waals surface area contributed by atoms with Crippen LogP contribution in [0.3, 0.4) is 0 Å². The van der Waals surface area contributed by atoms with Gasteiger partial charge in [-0.05, 0) is 30.4 Å². The van der Waals surface area contributed by atoms with Gasteiger partial charge in [-0.15, -0.1) is 0 Å². The van der Waals surface area contributed by atoms with Crippen molar-refractivity contribution in [2.24, 2.45) is 5.73 Å². The van der Waals surface area contributed by atoms with Crippen molar-refractivity contribution in [2.75, 3.05) is 6.54 Å². The molecule has 2 N–H and O–H groups in total. The van der Waals surface area contributed by atoms with Gasteiger partial charge >= 0.3 is 0 Å². The summed E-state index contributed by atoms with van der Waals surface area (Å²) in [4.78, 5) is 14.7. The predicted octanol–water partition coefficient (Wildman–Crippen LogP) is 3.77. The van der Waals surface area contributed by atoms with Crippen LogP contribution >= 0.6 is 0 Å². The van der Waals surface area contributed by atoms with E-state index in [0.29, 0.717) is 19.5 Å². The summed E-state index contributed by atoms with van der Waals surface area (Å²) in [5, 5.41) is 4.32. The van der Waals surface area contributed by atoms with Crippen molar-refractivity contribution < 1.29 is 9.32 Å². The average molecular weight is 373 g/mol. The van der Waals surface area contributed by atoms with Gasteiger partial charge in [-0.3, -0.25) is 4.79 Å². The van der Waals surface area contributed by atoms with Crippen molar-refractivity contribution in [3.05, 3.63) is 65.9 Å². The number of aromatic nitrogens is 1. The maximum atomic E-state index is 12.8. The minimum absolute atomic E-state index is 0.0657. The van der Waals surface area contributed by atoms with Gasteiger partial charge in [-0.1, -0.05) is 59.8 Å². The molecule has 5 nitrogen and oxygen atoms in total. The van der Waals surface area contributed by atoms with E-state index in [2.05, 4.69) is 41.6 Å². The maximum Gasteiger partial charge on any atom is 0.242 e. The standard InChI is InChI=1S/C23H23N3O2/c24-23(12-4-13-23)22(27)26-14-11-20-19(15-26)21(25-28-20)18-9-7-17(8-10-18)16-5-2-1-3-6-16/h1-3,5-10H,4,11-15,24H2. The van der Waals surface area contributed by atoms with Crippen molar-refractivity contribution in [3.8, 4) is 22.4 Å². The van der Waals surface area contributed by atoms with Gasteiger partial charge in [0.05, 0.1) is 12.1 Å². The molecule has 1 aliphatic heterocycles. The topological polar surface area (TPSA) is 72.4 Å². The second-order valence-electron chi connectivity index (χ2n) is 7.86. The molecule has 0 spiro atoms. The molecule has 0 saturated heterocycles. The van der Waals surface area contributed by atoms with E-state index >= 15 is 0 Å². The second kappa shape index (κ2) is 6.60. The highest BCUT2D eigenvalue weighted by Gasteiger charge is 2.43. The fourth-order valence-corrected chi connectivity index (χ4v) is 4.15. The van der Waals surface area contributed by atoms with Crippen molar-refractivity contribution in [2.45, 2.75) is 37.8 Å². The molecule has 2 heterocycles. The van der Waals surface area contributed by atoms with Gasteiger partial charge in [-0.2, -0.15) is 0 Å². The number of nitrogens with two attached hydrogens (primary N) is 1. The zero-order chi connectivity index (χ0) is 19.1. The molecule has 1 aliphatic carbocycles. The van der Waals surface area contributed by atoms with Gasteiger partial charge in [0, 0.05) is 24.1 Å². The lowest BCUT2D eigenvalue weighted by Crippen LogP contribution is -2.60. The Morgan fingerprint density at radius 3 is 2.36 bits per heavy atom. The van der Waals surface area contributed by atoms with E-state index in [9.17, 15) is 4.79 Å². The van der Waals surface area contributed by atoms with Crippen LogP contribution in [0.4, 0.5) is 0 Å². The normalized spacial score (nSPS) is 17.7. The van der Waals surface area contributed by atoms with Crippen LogP contribution in [0.25, 0.3) is 22.4 Å². The molecule has 0 atom stereocenters. The van der Waals surface area contributed by atoms with Crippen LogP contribution in [0, 0.1) is 0 Å². The third kappa shape index (κ3) is 2.83. The molecule has 1 amide bonds. The first-order chi connectivity index (χ1) is 13.6. The lowest BCUT2D eigenvalue weighted by atomic mass is 9.76. The molecular formula is C23H23N3O2. The number of nitrogens with zero attached hydrogens (tertiary/aromatic N) is 2. The lowest BCUT2D eigenvalue weighted by molar-refractivity contribution is -0.141. The first-order valence-corrected chi connectivity index (χ1v) is 9.86. The van der Waals surface area contributed by atoms with Crippen LogP contribution in [-0.4, -0.2) is 28.0 Å². The highest BCUT2D eigenvalue weighted by Crippen LogP contribution is 2.35. The Bertz CT molecular complexity index is 1000. The summed E-state index contributed by atoms with van der Waals surface area (Å²) in [5.74, 6) is 0.946. The largest absolute Gasteiger partial charge is 0.360 e. The van der Waals surface area contributed by atoms with E-state index in [1.54, 1.807) is 0 Å². The van der Waals surface area contributed by atoms with Crippen molar-refractivity contribution in [1.29, 1.82) is 0 Å². The van der Waals surface area contributed by atoms with Gasteiger partial charge in [-0.25, -0.2) is 0 Å². The number of rotatable bonds is 3. The SMILES string of the molecule is NC1(C(=O)N2CCc3onc(-c4ccc(-c5ccccc5)cc4)c3C2)CCC1. The molecule has 5 heteroatoms. The number of fused-ring (bicyclic) bond motifs is 1. The molecular weight excluding hydrogens is 350 g/mol. The molecule has 5 rings (SSSR count). The summed E-state index contributed by atoms with van der Waals surface area (Å²) in [6, 6.07) is 18.6. The third-order valence-electron chi connectivity index (χ3n) is 6.05. The van der Waals surface area contributed by atoms with Crippen molar-refractivity contribution in [3.63, 3.8) is 0 Å². The number of carbonyl (C=O) groups is 1. The van der Waals surface area contributed by atoms with E-state index in [4.69, 9.17) is 10.3 Å². The Hall–Kier alpha value is -2.92. The maximum absolute atomic E-state index is 12.8.